The van der Waals surface area contributed by atoms with Crippen molar-refractivity contribution in [2.45, 2.75) is 39.7 Å². The van der Waals surface area contributed by atoms with Gasteiger partial charge in [0.1, 0.15) is 0 Å². The third-order valence-electron chi connectivity index (χ3n) is 3.55. The second-order valence-corrected chi connectivity index (χ2v) is 5.33. The number of hydrogen-bond donors (Lipinski definition) is 0. The van der Waals surface area contributed by atoms with E-state index < -0.39 is 5.54 Å². The van der Waals surface area contributed by atoms with Gasteiger partial charge in [-0.15, -0.1) is 0 Å². The molecule has 0 N–H and O–H groups in total. The molecule has 0 unspecified atom stereocenters. The lowest BCUT2D eigenvalue weighted by Crippen LogP contribution is -2.50. The van der Waals surface area contributed by atoms with Crippen LogP contribution in [-0.4, -0.2) is 29.3 Å². The van der Waals surface area contributed by atoms with Crippen molar-refractivity contribution in [2.75, 3.05) is 13.1 Å². The van der Waals surface area contributed by atoms with E-state index in [1.54, 1.807) is 0 Å². The molecule has 0 heterocycles. The smallest absolute Gasteiger partial charge is 0.156 e. The number of benzene rings is 1. The van der Waals surface area contributed by atoms with Crippen LogP contribution in [0.4, 0.5) is 0 Å². The summed E-state index contributed by atoms with van der Waals surface area (Å²) in [5, 5.41) is 0.668. The van der Waals surface area contributed by atoms with Gasteiger partial charge in [-0.25, -0.2) is 0 Å². The molecule has 0 saturated carbocycles. The number of carbonyl (C=O) groups is 1. The van der Waals surface area contributed by atoms with Gasteiger partial charge in [-0.05, 0) is 38.6 Å². The van der Waals surface area contributed by atoms with E-state index in [2.05, 4.69) is 18.7 Å². The van der Waals surface area contributed by atoms with Crippen LogP contribution in [0, 0.1) is 0 Å². The Morgan fingerprint density at radius 1 is 1.22 bits per heavy atom. The number of halogens is 1. The molecule has 0 amide bonds. The van der Waals surface area contributed by atoms with E-state index in [-0.39, 0.29) is 5.78 Å². The first kappa shape index (κ1) is 15.2. The van der Waals surface area contributed by atoms with Gasteiger partial charge < -0.3 is 0 Å². The van der Waals surface area contributed by atoms with Crippen molar-refractivity contribution < 1.29 is 4.79 Å². The first-order valence-corrected chi connectivity index (χ1v) is 6.83. The first-order valence-electron chi connectivity index (χ1n) is 6.45. The van der Waals surface area contributed by atoms with Crippen LogP contribution in [-0.2, 0) is 11.2 Å². The quantitative estimate of drug-likeness (QED) is 0.785. The van der Waals surface area contributed by atoms with Gasteiger partial charge in [0.2, 0.25) is 0 Å². The number of rotatable bonds is 6. The molecule has 0 spiro atoms. The fraction of sp³-hybridized carbons (Fsp3) is 0.533. The van der Waals surface area contributed by atoms with Crippen molar-refractivity contribution in [3.8, 4) is 0 Å². The highest BCUT2D eigenvalue weighted by atomic mass is 35.5. The van der Waals surface area contributed by atoms with E-state index >= 15 is 0 Å². The summed E-state index contributed by atoms with van der Waals surface area (Å²) >= 11 is 6.10. The minimum Gasteiger partial charge on any atom is -0.297 e. The molecule has 3 heteroatoms. The molecule has 0 aliphatic rings. The second kappa shape index (κ2) is 6.35. The van der Waals surface area contributed by atoms with Crippen molar-refractivity contribution in [2.24, 2.45) is 0 Å². The van der Waals surface area contributed by atoms with Gasteiger partial charge >= 0.3 is 0 Å². The second-order valence-electron chi connectivity index (χ2n) is 4.92. The third kappa shape index (κ3) is 3.33. The molecule has 0 aromatic heterocycles. The molecule has 2 nitrogen and oxygen atoms in total. The van der Waals surface area contributed by atoms with E-state index in [1.807, 2.05) is 38.1 Å². The predicted octanol–water partition coefficient (Wildman–Crippen LogP) is 3.57. The first-order chi connectivity index (χ1) is 8.43. The lowest BCUT2D eigenvalue weighted by atomic mass is 9.91. The van der Waals surface area contributed by atoms with Crippen LogP contribution in [0.25, 0.3) is 0 Å². The number of hydrogen-bond acceptors (Lipinski definition) is 2. The van der Waals surface area contributed by atoms with Gasteiger partial charge in [-0.3, -0.25) is 9.69 Å². The topological polar surface area (TPSA) is 20.3 Å². The normalized spacial score (nSPS) is 11.9. The molecular weight excluding hydrogens is 246 g/mol. The Labute approximate surface area is 115 Å². The molecule has 100 valence electrons. The van der Waals surface area contributed by atoms with Crippen LogP contribution in [0.2, 0.25) is 5.02 Å². The summed E-state index contributed by atoms with van der Waals surface area (Å²) in [5.41, 5.74) is 0.465. The maximum atomic E-state index is 12.4. The molecule has 0 aliphatic heterocycles. The highest BCUT2D eigenvalue weighted by Gasteiger charge is 2.32. The Morgan fingerprint density at radius 3 is 2.28 bits per heavy atom. The van der Waals surface area contributed by atoms with Gasteiger partial charge in [0, 0.05) is 11.4 Å². The van der Waals surface area contributed by atoms with Crippen LogP contribution < -0.4 is 0 Å². The van der Waals surface area contributed by atoms with Gasteiger partial charge in [0.25, 0.3) is 0 Å². The van der Waals surface area contributed by atoms with Gasteiger partial charge in [0.05, 0.1) is 5.54 Å². The van der Waals surface area contributed by atoms with Gasteiger partial charge in [0.15, 0.2) is 5.78 Å². The largest absolute Gasteiger partial charge is 0.297 e. The zero-order valence-corrected chi connectivity index (χ0v) is 12.4. The van der Waals surface area contributed by atoms with E-state index in [0.29, 0.717) is 11.4 Å². The van der Waals surface area contributed by atoms with Crippen LogP contribution in [0.15, 0.2) is 24.3 Å². The molecule has 0 bridgehead atoms. The monoisotopic (exact) mass is 267 g/mol. The fourth-order valence-corrected chi connectivity index (χ4v) is 2.42. The highest BCUT2D eigenvalue weighted by Crippen LogP contribution is 2.21. The molecule has 1 aromatic carbocycles. The van der Waals surface area contributed by atoms with Crippen LogP contribution >= 0.6 is 11.6 Å². The summed E-state index contributed by atoms with van der Waals surface area (Å²) in [6.45, 7) is 9.87. The predicted molar refractivity (Wildman–Crippen MR) is 77.2 cm³/mol. The molecular formula is C15H22ClNO. The number of nitrogens with zero attached hydrogens (tertiary/aromatic N) is 1. The van der Waals surface area contributed by atoms with E-state index in [9.17, 15) is 4.79 Å². The average Bonchev–Trinajstić information content (AvgIpc) is 2.33. The molecule has 0 saturated heterocycles. The fourth-order valence-electron chi connectivity index (χ4n) is 2.22. The summed E-state index contributed by atoms with van der Waals surface area (Å²) in [6, 6.07) is 7.54. The van der Waals surface area contributed by atoms with Crippen molar-refractivity contribution in [3.05, 3.63) is 34.9 Å². The standard InChI is InChI=1S/C15H22ClNO/c1-5-17(6-2)15(3,4)14(18)11-12-9-7-8-10-13(12)16/h7-10H,5-6,11H2,1-4H3. The average molecular weight is 268 g/mol. The number of ketones is 1. The van der Waals surface area contributed by atoms with E-state index in [1.165, 1.54) is 0 Å². The molecule has 0 radical (unpaired) electrons. The number of likely N-dealkylation sites (N-methyl/N-ethyl adjacent to an activating group) is 1. The SMILES string of the molecule is CCN(CC)C(C)(C)C(=O)Cc1ccccc1Cl. The lowest BCUT2D eigenvalue weighted by molar-refractivity contribution is -0.128. The summed E-state index contributed by atoms with van der Waals surface area (Å²) in [4.78, 5) is 14.6. The molecule has 0 aliphatic carbocycles. The Kier molecular flexibility index (Phi) is 5.36. The van der Waals surface area contributed by atoms with Crippen molar-refractivity contribution in [1.29, 1.82) is 0 Å². The molecule has 18 heavy (non-hydrogen) atoms. The summed E-state index contributed by atoms with van der Waals surface area (Å²) < 4.78 is 0. The number of carbonyl (C=O) groups excluding carboxylic acids is 1. The third-order valence-corrected chi connectivity index (χ3v) is 3.91. The summed E-state index contributed by atoms with van der Waals surface area (Å²) in [7, 11) is 0. The highest BCUT2D eigenvalue weighted by molar-refractivity contribution is 6.31. The minimum atomic E-state index is -0.442. The minimum absolute atomic E-state index is 0.208. The maximum Gasteiger partial charge on any atom is 0.156 e. The zero-order chi connectivity index (χ0) is 13.8. The molecule has 0 atom stereocenters. The van der Waals surface area contributed by atoms with Gasteiger partial charge in [-0.2, -0.15) is 0 Å². The van der Waals surface area contributed by atoms with Crippen molar-refractivity contribution in [3.63, 3.8) is 0 Å². The van der Waals surface area contributed by atoms with E-state index in [0.717, 1.165) is 18.7 Å². The molecule has 1 rings (SSSR count). The number of Topliss-reactive ketones (excluding diaryl/α,β-unsaturated/α-hetero) is 1. The maximum absolute atomic E-state index is 12.4. The van der Waals surface area contributed by atoms with Crippen LogP contribution in [0.5, 0.6) is 0 Å². The van der Waals surface area contributed by atoms with Crippen LogP contribution in [0.3, 0.4) is 0 Å². The Bertz CT molecular complexity index is 411. The summed E-state index contributed by atoms with van der Waals surface area (Å²) in [5.74, 6) is 0.208. The summed E-state index contributed by atoms with van der Waals surface area (Å²) in [6.07, 6.45) is 0.392. The van der Waals surface area contributed by atoms with E-state index in [4.69, 9.17) is 11.6 Å². The molecule has 1 aromatic rings. The van der Waals surface area contributed by atoms with Crippen molar-refractivity contribution in [1.82, 2.24) is 4.90 Å². The molecule has 0 fully saturated rings. The lowest BCUT2D eigenvalue weighted by Gasteiger charge is -2.35. The van der Waals surface area contributed by atoms with Gasteiger partial charge in [-0.1, -0.05) is 43.6 Å². The zero-order valence-electron chi connectivity index (χ0n) is 11.7. The Balaban J connectivity index is 2.85. The van der Waals surface area contributed by atoms with Crippen LogP contribution in [0.1, 0.15) is 33.3 Å². The van der Waals surface area contributed by atoms with Crippen molar-refractivity contribution >= 4 is 17.4 Å². The Morgan fingerprint density at radius 2 is 1.78 bits per heavy atom. The Hall–Kier alpha value is -0.860.